The van der Waals surface area contributed by atoms with Crippen molar-refractivity contribution in [3.63, 3.8) is 0 Å². The van der Waals surface area contributed by atoms with Crippen LogP contribution in [0, 0.1) is 0 Å². The molecule has 1 rings (SSSR count). The molecule has 0 aromatic carbocycles. The second kappa shape index (κ2) is 4.77. The molecule has 0 bridgehead atoms. The maximum Gasteiger partial charge on any atom is 0.230 e. The van der Waals surface area contributed by atoms with Gasteiger partial charge >= 0.3 is 0 Å². The van der Waals surface area contributed by atoms with Crippen LogP contribution in [0.5, 0.6) is 0 Å². The van der Waals surface area contributed by atoms with Crippen LogP contribution in [-0.4, -0.2) is 29.2 Å². The topological polar surface area (TPSA) is 37.4 Å². The Balaban J connectivity index is 2.50. The normalized spacial score (nSPS) is 26.5. The van der Waals surface area contributed by atoms with Gasteiger partial charge in [-0.05, 0) is 13.3 Å². The van der Waals surface area contributed by atoms with Crippen molar-refractivity contribution in [2.45, 2.75) is 57.9 Å². The van der Waals surface area contributed by atoms with Gasteiger partial charge in [-0.2, -0.15) is 0 Å². The molecule has 0 aromatic rings. The summed E-state index contributed by atoms with van der Waals surface area (Å²) in [5.74, 6) is 0.0597. The summed E-state index contributed by atoms with van der Waals surface area (Å²) in [6.45, 7) is 4.06. The predicted octanol–water partition coefficient (Wildman–Crippen LogP) is 2.15. The Bertz CT molecular complexity index is 262. The number of amides is 1. The molecule has 3 heteroatoms. The lowest BCUT2D eigenvalue weighted by molar-refractivity contribution is -0.130. The standard InChI is InChI=1S/C12H21NO2/c1-4-5-6-7-8-12(2)10(14)9-11(15)13(12)3/h4-9H2,1-3H3. The number of hydrogen-bond acceptors (Lipinski definition) is 2. The predicted molar refractivity (Wildman–Crippen MR) is 59.6 cm³/mol. The molecule has 0 radical (unpaired) electrons. The summed E-state index contributed by atoms with van der Waals surface area (Å²) in [6.07, 6.45) is 5.51. The highest BCUT2D eigenvalue weighted by Crippen LogP contribution is 2.30. The molecular weight excluding hydrogens is 190 g/mol. The van der Waals surface area contributed by atoms with Gasteiger partial charge in [0.05, 0.1) is 12.0 Å². The molecule has 3 nitrogen and oxygen atoms in total. The third-order valence-corrected chi connectivity index (χ3v) is 3.54. The molecule has 0 aliphatic carbocycles. The molecule has 15 heavy (non-hydrogen) atoms. The van der Waals surface area contributed by atoms with Crippen molar-refractivity contribution in [1.29, 1.82) is 0 Å². The summed E-state index contributed by atoms with van der Waals surface area (Å²) >= 11 is 0. The molecule has 1 aliphatic heterocycles. The molecule has 1 aliphatic rings. The Morgan fingerprint density at radius 1 is 1.27 bits per heavy atom. The zero-order valence-corrected chi connectivity index (χ0v) is 10.0. The summed E-state index contributed by atoms with van der Waals surface area (Å²) in [7, 11) is 1.74. The van der Waals surface area contributed by atoms with E-state index in [1.165, 1.54) is 12.8 Å². The molecule has 1 heterocycles. The van der Waals surface area contributed by atoms with Gasteiger partial charge in [-0.3, -0.25) is 9.59 Å². The van der Waals surface area contributed by atoms with Crippen molar-refractivity contribution in [3.8, 4) is 0 Å². The van der Waals surface area contributed by atoms with Crippen LogP contribution in [0.4, 0.5) is 0 Å². The summed E-state index contributed by atoms with van der Waals surface area (Å²) in [6, 6.07) is 0. The Hall–Kier alpha value is -0.860. The number of hydrogen-bond donors (Lipinski definition) is 0. The third kappa shape index (κ3) is 2.39. The Labute approximate surface area is 91.8 Å². The van der Waals surface area contributed by atoms with Crippen LogP contribution >= 0.6 is 0 Å². The van der Waals surface area contributed by atoms with Crippen LogP contribution in [0.25, 0.3) is 0 Å². The zero-order valence-electron chi connectivity index (χ0n) is 10.0. The number of ketones is 1. The van der Waals surface area contributed by atoms with Gasteiger partial charge in [0.1, 0.15) is 0 Å². The zero-order chi connectivity index (χ0) is 11.5. The Kier molecular flexibility index (Phi) is 3.89. The average Bonchev–Trinajstić information content (AvgIpc) is 2.39. The van der Waals surface area contributed by atoms with Gasteiger partial charge in [0, 0.05) is 7.05 Å². The minimum absolute atomic E-state index is 0.0296. The first-order valence-electron chi connectivity index (χ1n) is 5.82. The molecule has 1 fully saturated rings. The number of carbonyl (C=O) groups is 2. The average molecular weight is 211 g/mol. The van der Waals surface area contributed by atoms with E-state index >= 15 is 0 Å². The highest BCUT2D eigenvalue weighted by molar-refractivity contribution is 6.09. The van der Waals surface area contributed by atoms with Crippen molar-refractivity contribution in [3.05, 3.63) is 0 Å². The van der Waals surface area contributed by atoms with E-state index in [4.69, 9.17) is 0 Å². The molecule has 1 atom stereocenters. The van der Waals surface area contributed by atoms with Gasteiger partial charge in [0.15, 0.2) is 5.78 Å². The van der Waals surface area contributed by atoms with E-state index in [-0.39, 0.29) is 18.1 Å². The summed E-state index contributed by atoms with van der Waals surface area (Å²) < 4.78 is 0. The van der Waals surface area contributed by atoms with Crippen LogP contribution in [0.3, 0.4) is 0 Å². The second-order valence-electron chi connectivity index (χ2n) is 4.64. The number of Topliss-reactive ketones (excluding diaryl/α,β-unsaturated/α-hetero) is 1. The van der Waals surface area contributed by atoms with Gasteiger partial charge < -0.3 is 4.90 Å². The Morgan fingerprint density at radius 3 is 2.40 bits per heavy atom. The van der Waals surface area contributed by atoms with E-state index in [1.807, 2.05) is 6.92 Å². The lowest BCUT2D eigenvalue weighted by Crippen LogP contribution is -2.44. The SMILES string of the molecule is CCCCCCC1(C)C(=O)CC(=O)N1C. The minimum atomic E-state index is -0.523. The van der Waals surface area contributed by atoms with Gasteiger partial charge in [0.25, 0.3) is 0 Å². The van der Waals surface area contributed by atoms with Crippen LogP contribution in [0.1, 0.15) is 52.4 Å². The van der Waals surface area contributed by atoms with Crippen LogP contribution < -0.4 is 0 Å². The first-order valence-corrected chi connectivity index (χ1v) is 5.82. The van der Waals surface area contributed by atoms with Crippen LogP contribution in [-0.2, 0) is 9.59 Å². The smallest absolute Gasteiger partial charge is 0.230 e. The number of nitrogens with zero attached hydrogens (tertiary/aromatic N) is 1. The monoisotopic (exact) mass is 211 g/mol. The van der Waals surface area contributed by atoms with E-state index in [0.717, 1.165) is 19.3 Å². The number of unbranched alkanes of at least 4 members (excludes halogenated alkanes) is 3. The first kappa shape index (κ1) is 12.2. The van der Waals surface area contributed by atoms with Gasteiger partial charge in [-0.15, -0.1) is 0 Å². The van der Waals surface area contributed by atoms with Crippen molar-refractivity contribution >= 4 is 11.7 Å². The largest absolute Gasteiger partial charge is 0.333 e. The fourth-order valence-corrected chi connectivity index (χ4v) is 2.11. The number of carbonyl (C=O) groups excluding carboxylic acids is 2. The van der Waals surface area contributed by atoms with E-state index in [0.29, 0.717) is 0 Å². The number of likely N-dealkylation sites (tertiary alicyclic amines) is 1. The Morgan fingerprint density at radius 2 is 1.93 bits per heavy atom. The van der Waals surface area contributed by atoms with E-state index < -0.39 is 5.54 Å². The van der Waals surface area contributed by atoms with Crippen LogP contribution in [0.2, 0.25) is 0 Å². The maximum atomic E-state index is 11.7. The lowest BCUT2D eigenvalue weighted by Gasteiger charge is -2.30. The molecule has 0 spiro atoms. The van der Waals surface area contributed by atoms with E-state index in [1.54, 1.807) is 11.9 Å². The third-order valence-electron chi connectivity index (χ3n) is 3.54. The van der Waals surface area contributed by atoms with Crippen molar-refractivity contribution in [1.82, 2.24) is 4.90 Å². The lowest BCUT2D eigenvalue weighted by atomic mass is 9.90. The molecular formula is C12H21NO2. The van der Waals surface area contributed by atoms with Gasteiger partial charge in [-0.1, -0.05) is 32.6 Å². The molecule has 0 aromatic heterocycles. The quantitative estimate of drug-likeness (QED) is 0.516. The molecule has 86 valence electrons. The maximum absolute atomic E-state index is 11.7. The van der Waals surface area contributed by atoms with E-state index in [9.17, 15) is 9.59 Å². The molecule has 1 amide bonds. The highest BCUT2D eigenvalue weighted by Gasteiger charge is 2.45. The van der Waals surface area contributed by atoms with Crippen LogP contribution in [0.15, 0.2) is 0 Å². The summed E-state index contributed by atoms with van der Waals surface area (Å²) in [4.78, 5) is 24.7. The molecule has 0 N–H and O–H groups in total. The fourth-order valence-electron chi connectivity index (χ4n) is 2.11. The van der Waals surface area contributed by atoms with Gasteiger partial charge in [0.2, 0.25) is 5.91 Å². The summed E-state index contributed by atoms with van der Waals surface area (Å²) in [5, 5.41) is 0. The molecule has 1 unspecified atom stereocenters. The molecule has 0 saturated carbocycles. The minimum Gasteiger partial charge on any atom is -0.333 e. The number of rotatable bonds is 5. The molecule has 1 saturated heterocycles. The van der Waals surface area contributed by atoms with Crippen molar-refractivity contribution in [2.75, 3.05) is 7.05 Å². The van der Waals surface area contributed by atoms with Gasteiger partial charge in [-0.25, -0.2) is 0 Å². The number of likely N-dealkylation sites (N-methyl/N-ethyl adjacent to an activating group) is 1. The van der Waals surface area contributed by atoms with Crippen molar-refractivity contribution < 1.29 is 9.59 Å². The van der Waals surface area contributed by atoms with Crippen molar-refractivity contribution in [2.24, 2.45) is 0 Å². The fraction of sp³-hybridized carbons (Fsp3) is 0.833. The second-order valence-corrected chi connectivity index (χ2v) is 4.64. The summed E-state index contributed by atoms with van der Waals surface area (Å²) in [5.41, 5.74) is -0.523. The highest BCUT2D eigenvalue weighted by atomic mass is 16.2. The van der Waals surface area contributed by atoms with E-state index in [2.05, 4.69) is 6.92 Å². The first-order chi connectivity index (χ1) is 7.02.